The predicted octanol–water partition coefficient (Wildman–Crippen LogP) is 6.00. The van der Waals surface area contributed by atoms with E-state index in [-0.39, 0.29) is 11.2 Å². The number of anilines is 1. The van der Waals surface area contributed by atoms with E-state index < -0.39 is 0 Å². The van der Waals surface area contributed by atoms with Crippen molar-refractivity contribution in [2.24, 2.45) is 4.99 Å². The number of amides is 1. The molecule has 0 aliphatic carbocycles. The van der Waals surface area contributed by atoms with Gasteiger partial charge in [-0.1, -0.05) is 54.6 Å². The van der Waals surface area contributed by atoms with Crippen molar-refractivity contribution in [2.45, 2.75) is 23.5 Å². The number of carbonyl (C=O) groups excluding carboxylic acids is 1. The Labute approximate surface area is 163 Å². The van der Waals surface area contributed by atoms with Gasteiger partial charge in [-0.2, -0.15) is 0 Å². The van der Waals surface area contributed by atoms with Crippen LogP contribution in [0.2, 0.25) is 0 Å². The van der Waals surface area contributed by atoms with E-state index in [1.807, 2.05) is 42.1 Å². The Morgan fingerprint density at radius 1 is 1.00 bits per heavy atom. The number of thioether (sulfide) groups is 1. The van der Waals surface area contributed by atoms with E-state index in [1.165, 1.54) is 17.4 Å². The third-order valence-corrected chi connectivity index (χ3v) is 5.78. The zero-order valence-electron chi connectivity index (χ0n) is 15.1. The smallest absolute Gasteiger partial charge is 0.221 e. The summed E-state index contributed by atoms with van der Waals surface area (Å²) >= 11 is 1.86. The van der Waals surface area contributed by atoms with E-state index in [0.717, 1.165) is 29.1 Å². The monoisotopic (exact) mass is 372 g/mol. The molecule has 1 aliphatic rings. The molecule has 0 radical (unpaired) electrons. The van der Waals surface area contributed by atoms with Crippen LogP contribution in [0.5, 0.6) is 0 Å². The van der Waals surface area contributed by atoms with Gasteiger partial charge in [0.1, 0.15) is 0 Å². The maximum atomic E-state index is 11.4. The lowest BCUT2D eigenvalue weighted by molar-refractivity contribution is -0.114. The van der Waals surface area contributed by atoms with Crippen LogP contribution < -0.4 is 5.32 Å². The number of rotatable bonds is 3. The van der Waals surface area contributed by atoms with Gasteiger partial charge in [-0.15, -0.1) is 11.8 Å². The van der Waals surface area contributed by atoms with Crippen LogP contribution in [0.3, 0.4) is 0 Å². The number of fused-ring (bicyclic) bond motifs is 1. The molecular weight excluding hydrogens is 352 g/mol. The molecule has 1 amide bonds. The van der Waals surface area contributed by atoms with Crippen molar-refractivity contribution >= 4 is 34.8 Å². The number of para-hydroxylation sites is 1. The normalized spacial score (nSPS) is 16.0. The number of benzene rings is 3. The summed E-state index contributed by atoms with van der Waals surface area (Å²) in [5, 5.41) is 3.15. The van der Waals surface area contributed by atoms with Gasteiger partial charge >= 0.3 is 0 Å². The zero-order valence-corrected chi connectivity index (χ0v) is 15.9. The third kappa shape index (κ3) is 4.12. The maximum absolute atomic E-state index is 11.4. The molecule has 1 heterocycles. The Morgan fingerprint density at radius 3 is 2.59 bits per heavy atom. The number of aliphatic imine (C=N–C) groups is 1. The molecule has 3 nitrogen and oxygen atoms in total. The van der Waals surface area contributed by atoms with Crippen LogP contribution in [0, 0.1) is 0 Å². The lowest BCUT2D eigenvalue weighted by Crippen LogP contribution is -2.08. The molecule has 0 unspecified atom stereocenters. The number of nitrogens with one attached hydrogen (secondary N) is 1. The molecule has 1 aliphatic heterocycles. The van der Waals surface area contributed by atoms with Gasteiger partial charge in [0.15, 0.2) is 0 Å². The SMILES string of the molecule is CC(=O)Nc1cccc(C2=Nc3ccccc3S[C@H](c3ccccc3)C2)c1. The lowest BCUT2D eigenvalue weighted by Gasteiger charge is -2.16. The van der Waals surface area contributed by atoms with Gasteiger partial charge in [-0.25, -0.2) is 0 Å². The van der Waals surface area contributed by atoms with Gasteiger partial charge in [0.25, 0.3) is 0 Å². The molecule has 4 heteroatoms. The number of hydrogen-bond acceptors (Lipinski definition) is 3. The van der Waals surface area contributed by atoms with Crippen LogP contribution in [0.15, 0.2) is 88.8 Å². The highest BCUT2D eigenvalue weighted by Gasteiger charge is 2.22. The highest BCUT2D eigenvalue weighted by atomic mass is 32.2. The molecule has 3 aromatic rings. The summed E-state index contributed by atoms with van der Waals surface area (Å²) < 4.78 is 0. The van der Waals surface area contributed by atoms with Gasteiger partial charge in [0, 0.05) is 34.9 Å². The molecule has 3 aromatic carbocycles. The zero-order chi connectivity index (χ0) is 18.6. The molecular formula is C23H20N2OS. The maximum Gasteiger partial charge on any atom is 0.221 e. The molecule has 0 aromatic heterocycles. The van der Waals surface area contributed by atoms with Crippen molar-refractivity contribution in [3.8, 4) is 0 Å². The Balaban J connectivity index is 1.76. The summed E-state index contributed by atoms with van der Waals surface area (Å²) in [4.78, 5) is 17.6. The molecule has 0 saturated carbocycles. The van der Waals surface area contributed by atoms with Crippen LogP contribution in [-0.4, -0.2) is 11.6 Å². The average Bonchev–Trinajstić information content (AvgIpc) is 2.88. The first-order valence-corrected chi connectivity index (χ1v) is 9.83. The minimum Gasteiger partial charge on any atom is -0.326 e. The van der Waals surface area contributed by atoms with E-state index in [9.17, 15) is 4.79 Å². The van der Waals surface area contributed by atoms with Crippen LogP contribution >= 0.6 is 11.8 Å². The highest BCUT2D eigenvalue weighted by molar-refractivity contribution is 7.99. The Kier molecular flexibility index (Phi) is 5.07. The lowest BCUT2D eigenvalue weighted by atomic mass is 10.0. The summed E-state index contributed by atoms with van der Waals surface area (Å²) in [7, 11) is 0. The van der Waals surface area contributed by atoms with Gasteiger partial charge in [-0.05, 0) is 35.4 Å². The molecule has 4 rings (SSSR count). The molecule has 1 atom stereocenters. The van der Waals surface area contributed by atoms with Gasteiger partial charge in [0.05, 0.1) is 5.69 Å². The summed E-state index contributed by atoms with van der Waals surface area (Å²) in [5.41, 5.74) is 5.17. The van der Waals surface area contributed by atoms with Crippen LogP contribution in [-0.2, 0) is 4.79 Å². The van der Waals surface area contributed by atoms with Gasteiger partial charge in [0.2, 0.25) is 5.91 Å². The van der Waals surface area contributed by atoms with Crippen molar-refractivity contribution in [1.29, 1.82) is 0 Å². The topological polar surface area (TPSA) is 41.5 Å². The molecule has 0 saturated heterocycles. The number of carbonyl (C=O) groups is 1. The molecule has 0 fully saturated rings. The van der Waals surface area contributed by atoms with E-state index in [0.29, 0.717) is 0 Å². The van der Waals surface area contributed by atoms with Crippen molar-refractivity contribution in [3.63, 3.8) is 0 Å². The second-order valence-electron chi connectivity index (χ2n) is 6.51. The van der Waals surface area contributed by atoms with E-state index in [2.05, 4.69) is 53.8 Å². The minimum atomic E-state index is -0.0713. The minimum absolute atomic E-state index is 0.0713. The Hall–Kier alpha value is -2.85. The number of hydrogen-bond donors (Lipinski definition) is 1. The quantitative estimate of drug-likeness (QED) is 0.612. The van der Waals surface area contributed by atoms with Gasteiger partial charge in [-0.3, -0.25) is 9.79 Å². The third-order valence-electron chi connectivity index (χ3n) is 4.46. The van der Waals surface area contributed by atoms with Crippen molar-refractivity contribution in [1.82, 2.24) is 0 Å². The van der Waals surface area contributed by atoms with Crippen LogP contribution in [0.4, 0.5) is 11.4 Å². The summed E-state index contributed by atoms with van der Waals surface area (Å²) in [6.45, 7) is 1.52. The summed E-state index contributed by atoms with van der Waals surface area (Å²) in [6.07, 6.45) is 0.826. The van der Waals surface area contributed by atoms with Crippen molar-refractivity contribution in [3.05, 3.63) is 90.0 Å². The molecule has 1 N–H and O–H groups in total. The number of nitrogens with zero attached hydrogens (tertiary/aromatic N) is 1. The Morgan fingerprint density at radius 2 is 1.78 bits per heavy atom. The second kappa shape index (κ2) is 7.80. The molecule has 27 heavy (non-hydrogen) atoms. The van der Waals surface area contributed by atoms with Crippen LogP contribution in [0.25, 0.3) is 0 Å². The molecule has 0 bridgehead atoms. The first-order valence-electron chi connectivity index (χ1n) is 8.95. The second-order valence-corrected chi connectivity index (χ2v) is 7.75. The largest absolute Gasteiger partial charge is 0.326 e. The van der Waals surface area contributed by atoms with Crippen molar-refractivity contribution in [2.75, 3.05) is 5.32 Å². The first-order chi connectivity index (χ1) is 13.2. The first kappa shape index (κ1) is 17.6. The van der Waals surface area contributed by atoms with E-state index in [4.69, 9.17) is 4.99 Å². The Bertz CT molecular complexity index is 998. The molecule has 134 valence electrons. The fourth-order valence-electron chi connectivity index (χ4n) is 3.23. The highest BCUT2D eigenvalue weighted by Crippen LogP contribution is 2.45. The summed E-state index contributed by atoms with van der Waals surface area (Å²) in [6, 6.07) is 26.8. The van der Waals surface area contributed by atoms with Crippen LogP contribution in [0.1, 0.15) is 29.7 Å². The fraction of sp³-hybridized carbons (Fsp3) is 0.130. The van der Waals surface area contributed by atoms with E-state index >= 15 is 0 Å². The van der Waals surface area contributed by atoms with Gasteiger partial charge < -0.3 is 5.32 Å². The average molecular weight is 372 g/mol. The van der Waals surface area contributed by atoms with Crippen molar-refractivity contribution < 1.29 is 4.79 Å². The fourth-order valence-corrected chi connectivity index (χ4v) is 4.46. The summed E-state index contributed by atoms with van der Waals surface area (Å²) in [5.74, 6) is -0.0713. The standard InChI is InChI=1S/C23H20N2OS/c1-16(26)24-19-11-7-10-18(14-19)21-15-23(17-8-3-2-4-9-17)27-22-13-6-5-12-20(22)25-21/h2-14,23H,15H2,1H3,(H,24,26)/t23-/m0/s1. The molecule has 0 spiro atoms. The van der Waals surface area contributed by atoms with E-state index in [1.54, 1.807) is 0 Å². The predicted molar refractivity (Wildman–Crippen MR) is 113 cm³/mol.